The Bertz CT molecular complexity index is 546. The molecule has 0 bridgehead atoms. The summed E-state index contributed by atoms with van der Waals surface area (Å²) in [7, 11) is 0. The molecule has 0 fully saturated rings. The van der Waals surface area contributed by atoms with Crippen molar-refractivity contribution in [2.75, 3.05) is 0 Å². The molecule has 0 saturated carbocycles. The van der Waals surface area contributed by atoms with E-state index in [0.29, 0.717) is 41.7 Å². The van der Waals surface area contributed by atoms with Gasteiger partial charge in [-0.15, -0.1) is 0 Å². The summed E-state index contributed by atoms with van der Waals surface area (Å²) in [6, 6.07) is 5.52. The fourth-order valence-corrected chi connectivity index (χ4v) is 1.53. The Labute approximate surface area is 103 Å². The van der Waals surface area contributed by atoms with Gasteiger partial charge in [-0.3, -0.25) is 4.98 Å². The number of halogens is 1. The number of rotatable bonds is 4. The van der Waals surface area contributed by atoms with Crippen molar-refractivity contribution in [2.45, 2.75) is 19.3 Å². The van der Waals surface area contributed by atoms with E-state index >= 15 is 0 Å². The van der Waals surface area contributed by atoms with Crippen molar-refractivity contribution >= 4 is 11.6 Å². The van der Waals surface area contributed by atoms with Crippen LogP contribution in [-0.4, -0.2) is 15.1 Å². The van der Waals surface area contributed by atoms with Crippen molar-refractivity contribution < 1.29 is 4.52 Å². The van der Waals surface area contributed by atoms with Crippen molar-refractivity contribution in [3.05, 3.63) is 29.2 Å². The summed E-state index contributed by atoms with van der Waals surface area (Å²) in [4.78, 5) is 8.27. The number of hydrogen-bond donors (Lipinski definition) is 0. The van der Waals surface area contributed by atoms with Gasteiger partial charge in [0.25, 0.3) is 0 Å². The van der Waals surface area contributed by atoms with Crippen LogP contribution in [0.15, 0.2) is 22.9 Å². The van der Waals surface area contributed by atoms with E-state index in [9.17, 15) is 0 Å². The Morgan fingerprint density at radius 3 is 3.12 bits per heavy atom. The maximum atomic E-state index is 8.42. The van der Waals surface area contributed by atoms with Crippen molar-refractivity contribution in [3.63, 3.8) is 0 Å². The molecule has 17 heavy (non-hydrogen) atoms. The smallest absolute Gasteiger partial charge is 0.227 e. The molecule has 6 heteroatoms. The number of pyridine rings is 1. The van der Waals surface area contributed by atoms with E-state index in [1.807, 2.05) is 0 Å². The first kappa shape index (κ1) is 11.6. The molecule has 2 aromatic rings. The molecule has 0 atom stereocenters. The van der Waals surface area contributed by atoms with E-state index in [0.717, 1.165) is 0 Å². The number of hydrogen-bond acceptors (Lipinski definition) is 5. The summed E-state index contributed by atoms with van der Waals surface area (Å²) in [5, 5.41) is 12.7. The fourth-order valence-electron chi connectivity index (χ4n) is 1.32. The zero-order valence-corrected chi connectivity index (χ0v) is 9.68. The Morgan fingerprint density at radius 2 is 2.35 bits per heavy atom. The molecule has 0 spiro atoms. The van der Waals surface area contributed by atoms with Crippen LogP contribution in [0.4, 0.5) is 0 Å². The molecule has 2 heterocycles. The van der Waals surface area contributed by atoms with Gasteiger partial charge in [0.1, 0.15) is 5.69 Å². The SMILES string of the molecule is N#CCCCc1nc(-c2ncccc2Cl)no1. The number of aryl methyl sites for hydroxylation is 1. The third-order valence-electron chi connectivity index (χ3n) is 2.12. The van der Waals surface area contributed by atoms with Crippen molar-refractivity contribution in [3.8, 4) is 17.6 Å². The number of aromatic nitrogens is 3. The molecule has 2 aromatic heterocycles. The minimum Gasteiger partial charge on any atom is -0.339 e. The molecule has 2 rings (SSSR count). The highest BCUT2D eigenvalue weighted by Crippen LogP contribution is 2.22. The lowest BCUT2D eigenvalue weighted by Gasteiger charge is -1.94. The fraction of sp³-hybridized carbons (Fsp3) is 0.273. The van der Waals surface area contributed by atoms with Crippen LogP contribution in [0.25, 0.3) is 11.5 Å². The van der Waals surface area contributed by atoms with Crippen LogP contribution in [0.5, 0.6) is 0 Å². The Hall–Kier alpha value is -1.93. The lowest BCUT2D eigenvalue weighted by Crippen LogP contribution is -1.88. The van der Waals surface area contributed by atoms with E-state index in [1.54, 1.807) is 18.3 Å². The molecule has 0 aliphatic carbocycles. The van der Waals surface area contributed by atoms with Crippen LogP contribution in [-0.2, 0) is 6.42 Å². The van der Waals surface area contributed by atoms with Crippen molar-refractivity contribution in [1.29, 1.82) is 5.26 Å². The third kappa shape index (κ3) is 2.80. The molecule has 0 saturated heterocycles. The molecule has 0 aliphatic heterocycles. The monoisotopic (exact) mass is 248 g/mol. The first-order chi connectivity index (χ1) is 8.31. The first-order valence-corrected chi connectivity index (χ1v) is 5.49. The first-order valence-electron chi connectivity index (χ1n) is 5.11. The predicted molar refractivity (Wildman–Crippen MR) is 61.1 cm³/mol. The van der Waals surface area contributed by atoms with Gasteiger partial charge in [-0.05, 0) is 18.6 Å². The normalized spacial score (nSPS) is 10.1. The quantitative estimate of drug-likeness (QED) is 0.778. The average molecular weight is 249 g/mol. The van der Waals surface area contributed by atoms with Gasteiger partial charge < -0.3 is 4.52 Å². The summed E-state index contributed by atoms with van der Waals surface area (Å²) >= 11 is 5.97. The van der Waals surface area contributed by atoms with Gasteiger partial charge in [0.2, 0.25) is 11.7 Å². The Morgan fingerprint density at radius 1 is 1.47 bits per heavy atom. The van der Waals surface area contributed by atoms with Gasteiger partial charge in [0, 0.05) is 19.0 Å². The topological polar surface area (TPSA) is 75.6 Å². The highest BCUT2D eigenvalue weighted by Gasteiger charge is 2.12. The summed E-state index contributed by atoms with van der Waals surface area (Å²) in [6.07, 6.45) is 3.38. The predicted octanol–water partition coefficient (Wildman–Crippen LogP) is 2.63. The van der Waals surface area contributed by atoms with E-state index in [-0.39, 0.29) is 0 Å². The molecule has 5 nitrogen and oxygen atoms in total. The largest absolute Gasteiger partial charge is 0.339 e. The summed E-state index contributed by atoms with van der Waals surface area (Å²) in [6.45, 7) is 0. The molecule has 86 valence electrons. The lowest BCUT2D eigenvalue weighted by molar-refractivity contribution is 0.376. The highest BCUT2D eigenvalue weighted by atomic mass is 35.5. The Kier molecular flexibility index (Phi) is 3.68. The minimum atomic E-state index is 0.377. The molecular formula is C11H9ClN4O. The average Bonchev–Trinajstić information content (AvgIpc) is 2.79. The van der Waals surface area contributed by atoms with Crippen LogP contribution in [0.1, 0.15) is 18.7 Å². The second-order valence-electron chi connectivity index (χ2n) is 3.36. The second-order valence-corrected chi connectivity index (χ2v) is 3.76. The minimum absolute atomic E-state index is 0.377. The summed E-state index contributed by atoms with van der Waals surface area (Å²) in [5.41, 5.74) is 0.504. The number of unbranched alkanes of at least 4 members (excludes halogenated alkanes) is 1. The lowest BCUT2D eigenvalue weighted by atomic mass is 10.2. The van der Waals surface area contributed by atoms with Crippen LogP contribution >= 0.6 is 11.6 Å². The Balaban J connectivity index is 2.14. The standard InChI is InChI=1S/C11H9ClN4O/c12-8-4-3-7-14-10(8)11-15-9(17-16-11)5-1-2-6-13/h3-4,7H,1-2,5H2. The number of nitrogens with zero attached hydrogens (tertiary/aromatic N) is 4. The number of nitriles is 1. The molecule has 0 radical (unpaired) electrons. The van der Waals surface area contributed by atoms with Crippen LogP contribution < -0.4 is 0 Å². The highest BCUT2D eigenvalue weighted by molar-refractivity contribution is 6.32. The van der Waals surface area contributed by atoms with E-state index in [2.05, 4.69) is 21.2 Å². The van der Waals surface area contributed by atoms with Gasteiger partial charge in [-0.2, -0.15) is 10.2 Å². The van der Waals surface area contributed by atoms with Gasteiger partial charge in [-0.25, -0.2) is 0 Å². The maximum absolute atomic E-state index is 8.42. The van der Waals surface area contributed by atoms with Crippen LogP contribution in [0.2, 0.25) is 5.02 Å². The van der Waals surface area contributed by atoms with Crippen molar-refractivity contribution in [1.82, 2.24) is 15.1 Å². The molecule has 0 aliphatic rings. The van der Waals surface area contributed by atoms with Crippen LogP contribution in [0.3, 0.4) is 0 Å². The van der Waals surface area contributed by atoms with Gasteiger partial charge >= 0.3 is 0 Å². The van der Waals surface area contributed by atoms with Gasteiger partial charge in [0.05, 0.1) is 11.1 Å². The van der Waals surface area contributed by atoms with Crippen molar-refractivity contribution in [2.24, 2.45) is 0 Å². The molecule has 0 aromatic carbocycles. The van der Waals surface area contributed by atoms with E-state index in [1.165, 1.54) is 0 Å². The summed E-state index contributed by atoms with van der Waals surface area (Å²) < 4.78 is 5.05. The van der Waals surface area contributed by atoms with Crippen LogP contribution in [0, 0.1) is 11.3 Å². The molecule has 0 unspecified atom stereocenters. The van der Waals surface area contributed by atoms with Gasteiger partial charge in [-0.1, -0.05) is 16.8 Å². The molecular weight excluding hydrogens is 240 g/mol. The third-order valence-corrected chi connectivity index (χ3v) is 2.42. The zero-order valence-electron chi connectivity index (χ0n) is 8.93. The molecule has 0 N–H and O–H groups in total. The van der Waals surface area contributed by atoms with E-state index < -0.39 is 0 Å². The second kappa shape index (κ2) is 5.41. The maximum Gasteiger partial charge on any atom is 0.227 e. The molecule has 0 amide bonds. The summed E-state index contributed by atoms with van der Waals surface area (Å²) in [5.74, 6) is 0.875. The van der Waals surface area contributed by atoms with Gasteiger partial charge in [0.15, 0.2) is 0 Å². The zero-order chi connectivity index (χ0) is 12.1. The van der Waals surface area contributed by atoms with E-state index in [4.69, 9.17) is 21.4 Å².